The second kappa shape index (κ2) is 6.41. The van der Waals surface area contributed by atoms with Gasteiger partial charge in [-0.25, -0.2) is 0 Å². The van der Waals surface area contributed by atoms with E-state index >= 15 is 0 Å². The number of hydrogen-bond acceptors (Lipinski definition) is 7. The van der Waals surface area contributed by atoms with E-state index in [4.69, 9.17) is 0 Å². The van der Waals surface area contributed by atoms with Crippen LogP contribution in [0.4, 0.5) is 5.13 Å². The summed E-state index contributed by atoms with van der Waals surface area (Å²) in [5, 5.41) is 14.7. The topological polar surface area (TPSA) is 79.8 Å². The van der Waals surface area contributed by atoms with Gasteiger partial charge in [-0.05, 0) is 6.42 Å². The van der Waals surface area contributed by atoms with Gasteiger partial charge in [-0.15, -0.1) is 21.5 Å². The van der Waals surface area contributed by atoms with Crippen molar-refractivity contribution in [2.24, 2.45) is 0 Å². The van der Waals surface area contributed by atoms with E-state index in [0.29, 0.717) is 16.7 Å². The van der Waals surface area contributed by atoms with Gasteiger partial charge in [0.25, 0.3) is 5.91 Å². The van der Waals surface area contributed by atoms with Crippen molar-refractivity contribution >= 4 is 33.7 Å². The average molecular weight is 283 g/mol. The van der Waals surface area contributed by atoms with Gasteiger partial charge in [0, 0.05) is 17.6 Å². The molecule has 0 bridgehead atoms. The van der Waals surface area contributed by atoms with E-state index in [1.165, 1.54) is 22.7 Å². The molecule has 0 atom stereocenters. The number of carbonyl (C=O) groups excluding carboxylic acids is 1. The number of aromatic nitrogens is 3. The van der Waals surface area contributed by atoms with Crippen LogP contribution < -0.4 is 10.6 Å². The van der Waals surface area contributed by atoms with Crippen LogP contribution in [0, 0.1) is 0 Å². The molecule has 0 unspecified atom stereocenters. The quantitative estimate of drug-likeness (QED) is 0.844. The number of thiazole rings is 1. The van der Waals surface area contributed by atoms with Crippen LogP contribution in [0.15, 0.2) is 11.7 Å². The van der Waals surface area contributed by atoms with Crippen LogP contribution in [-0.4, -0.2) is 27.6 Å². The molecule has 8 heteroatoms. The molecule has 2 heterocycles. The molecule has 0 aliphatic rings. The summed E-state index contributed by atoms with van der Waals surface area (Å²) >= 11 is 2.77. The molecule has 6 nitrogen and oxygen atoms in total. The lowest BCUT2D eigenvalue weighted by Crippen LogP contribution is -2.22. The van der Waals surface area contributed by atoms with Crippen molar-refractivity contribution < 1.29 is 4.79 Å². The Morgan fingerprint density at radius 2 is 2.33 bits per heavy atom. The van der Waals surface area contributed by atoms with Crippen LogP contribution in [0.5, 0.6) is 0 Å². The van der Waals surface area contributed by atoms with Crippen molar-refractivity contribution in [3.05, 3.63) is 21.6 Å². The molecular weight excluding hydrogens is 270 g/mol. The van der Waals surface area contributed by atoms with Crippen LogP contribution in [0.2, 0.25) is 0 Å². The molecular formula is C10H13N5OS2. The van der Waals surface area contributed by atoms with Crippen molar-refractivity contribution in [1.29, 1.82) is 0 Å². The summed E-state index contributed by atoms with van der Waals surface area (Å²) in [5.41, 5.74) is 1.74. The van der Waals surface area contributed by atoms with Crippen LogP contribution >= 0.6 is 22.7 Å². The largest absolute Gasteiger partial charge is 0.360 e. The van der Waals surface area contributed by atoms with Crippen LogP contribution in [-0.2, 0) is 6.54 Å². The van der Waals surface area contributed by atoms with Crippen molar-refractivity contribution in [3.63, 3.8) is 0 Å². The fraction of sp³-hybridized carbons (Fsp3) is 0.400. The summed E-state index contributed by atoms with van der Waals surface area (Å²) in [7, 11) is 0. The van der Waals surface area contributed by atoms with Gasteiger partial charge >= 0.3 is 0 Å². The number of amides is 1. The van der Waals surface area contributed by atoms with Crippen molar-refractivity contribution in [2.75, 3.05) is 11.9 Å². The van der Waals surface area contributed by atoms with Crippen LogP contribution in [0.25, 0.3) is 0 Å². The van der Waals surface area contributed by atoms with Gasteiger partial charge in [-0.1, -0.05) is 18.3 Å². The Morgan fingerprint density at radius 3 is 3.06 bits per heavy atom. The van der Waals surface area contributed by atoms with E-state index in [9.17, 15) is 4.79 Å². The van der Waals surface area contributed by atoms with Crippen molar-refractivity contribution in [2.45, 2.75) is 19.9 Å². The number of carbonyl (C=O) groups is 1. The first-order chi connectivity index (χ1) is 8.79. The van der Waals surface area contributed by atoms with Gasteiger partial charge in [-0.3, -0.25) is 9.78 Å². The lowest BCUT2D eigenvalue weighted by Gasteiger charge is -1.98. The molecule has 0 saturated heterocycles. The molecule has 2 aromatic heterocycles. The third-order valence-corrected chi connectivity index (χ3v) is 3.71. The Hall–Kier alpha value is -1.54. The summed E-state index contributed by atoms with van der Waals surface area (Å²) in [6, 6.07) is 0. The zero-order chi connectivity index (χ0) is 12.8. The monoisotopic (exact) mass is 283 g/mol. The first-order valence-corrected chi connectivity index (χ1v) is 7.22. The maximum absolute atomic E-state index is 11.8. The zero-order valence-electron chi connectivity index (χ0n) is 9.84. The lowest BCUT2D eigenvalue weighted by molar-refractivity contribution is 0.0950. The summed E-state index contributed by atoms with van der Waals surface area (Å²) < 4.78 is 0. The fourth-order valence-corrected chi connectivity index (χ4v) is 2.41. The molecule has 0 radical (unpaired) electrons. The molecule has 18 heavy (non-hydrogen) atoms. The predicted molar refractivity (Wildman–Crippen MR) is 72.0 cm³/mol. The van der Waals surface area contributed by atoms with Gasteiger partial charge in [0.1, 0.15) is 0 Å². The Balaban J connectivity index is 1.86. The smallest absolute Gasteiger partial charge is 0.282 e. The maximum Gasteiger partial charge on any atom is 0.282 e. The third-order valence-electron chi connectivity index (χ3n) is 2.05. The molecule has 2 aromatic rings. The van der Waals surface area contributed by atoms with Crippen molar-refractivity contribution in [1.82, 2.24) is 20.5 Å². The predicted octanol–water partition coefficient (Wildman–Crippen LogP) is 1.75. The second-order valence-corrected chi connectivity index (χ2v) is 5.44. The summed E-state index contributed by atoms with van der Waals surface area (Å²) in [5.74, 6) is -0.203. The normalized spacial score (nSPS) is 10.3. The first kappa shape index (κ1) is 12.9. The van der Waals surface area contributed by atoms with Crippen LogP contribution in [0.3, 0.4) is 0 Å². The highest BCUT2D eigenvalue weighted by atomic mass is 32.1. The van der Waals surface area contributed by atoms with Gasteiger partial charge in [0.2, 0.25) is 10.1 Å². The summed E-state index contributed by atoms with van der Waals surface area (Å²) in [6.45, 7) is 3.37. The molecule has 0 aliphatic heterocycles. The number of nitrogens with one attached hydrogen (secondary N) is 2. The van der Waals surface area contributed by atoms with E-state index in [2.05, 4.69) is 32.7 Å². The lowest BCUT2D eigenvalue weighted by atomic mass is 10.5. The highest BCUT2D eigenvalue weighted by molar-refractivity contribution is 7.17. The minimum absolute atomic E-state index is 0.203. The highest BCUT2D eigenvalue weighted by Crippen LogP contribution is 2.15. The third kappa shape index (κ3) is 3.47. The van der Waals surface area contributed by atoms with Gasteiger partial charge in [0.05, 0.1) is 12.1 Å². The number of anilines is 1. The van der Waals surface area contributed by atoms with Crippen molar-refractivity contribution in [3.8, 4) is 0 Å². The summed E-state index contributed by atoms with van der Waals surface area (Å²) in [4.78, 5) is 16.7. The molecule has 1 amide bonds. The molecule has 0 aliphatic carbocycles. The summed E-state index contributed by atoms with van der Waals surface area (Å²) in [6.07, 6.45) is 2.74. The number of rotatable bonds is 6. The SMILES string of the molecule is CCCNc1nnc(C(=O)NCc2cncs2)s1. The standard InChI is InChI=1S/C10H13N5OS2/c1-2-3-12-10-15-14-9(18-10)8(16)13-5-7-4-11-6-17-7/h4,6H,2-3,5H2,1H3,(H,12,15)(H,13,16). The second-order valence-electron chi connectivity index (χ2n) is 3.49. The number of hydrogen-bond donors (Lipinski definition) is 2. The molecule has 0 aromatic carbocycles. The van der Waals surface area contributed by atoms with E-state index in [0.717, 1.165) is 17.8 Å². The fourth-order valence-electron chi connectivity index (χ4n) is 1.19. The Bertz CT molecular complexity index is 496. The maximum atomic E-state index is 11.8. The average Bonchev–Trinajstić information content (AvgIpc) is 3.04. The number of nitrogens with zero attached hydrogens (tertiary/aromatic N) is 3. The molecule has 0 spiro atoms. The van der Waals surface area contributed by atoms with Gasteiger partial charge < -0.3 is 10.6 Å². The van der Waals surface area contributed by atoms with E-state index < -0.39 is 0 Å². The Kier molecular flexibility index (Phi) is 4.59. The van der Waals surface area contributed by atoms with E-state index in [1.54, 1.807) is 11.7 Å². The minimum atomic E-state index is -0.203. The van der Waals surface area contributed by atoms with E-state index in [1.807, 2.05) is 0 Å². The molecule has 96 valence electrons. The molecule has 2 rings (SSSR count). The molecule has 0 fully saturated rings. The minimum Gasteiger partial charge on any atom is -0.360 e. The molecule has 2 N–H and O–H groups in total. The Morgan fingerprint density at radius 1 is 1.44 bits per heavy atom. The Labute approximate surface area is 112 Å². The van der Waals surface area contributed by atoms with Gasteiger partial charge in [-0.2, -0.15) is 0 Å². The van der Waals surface area contributed by atoms with Crippen LogP contribution in [0.1, 0.15) is 28.0 Å². The van der Waals surface area contributed by atoms with E-state index in [-0.39, 0.29) is 5.91 Å². The first-order valence-electron chi connectivity index (χ1n) is 5.52. The highest BCUT2D eigenvalue weighted by Gasteiger charge is 2.12. The zero-order valence-corrected chi connectivity index (χ0v) is 11.5. The molecule has 0 saturated carbocycles. The van der Waals surface area contributed by atoms with Gasteiger partial charge in [0.15, 0.2) is 0 Å².